The molecule has 0 N–H and O–H groups in total. The van der Waals surface area contributed by atoms with Gasteiger partial charge in [0.15, 0.2) is 10.1 Å². The predicted octanol–water partition coefficient (Wildman–Crippen LogP) is 1.84. The molecule has 0 spiro atoms. The Morgan fingerprint density at radius 2 is 0.781 bits per heavy atom. The summed E-state index contributed by atoms with van der Waals surface area (Å²) < 4.78 is 259. The van der Waals surface area contributed by atoms with Crippen molar-refractivity contribution in [3.05, 3.63) is 0 Å². The molecule has 23 heteroatoms. The first-order valence-corrected chi connectivity index (χ1v) is 7.62. The van der Waals surface area contributed by atoms with Crippen LogP contribution >= 0.6 is 0 Å². The van der Waals surface area contributed by atoms with Crippen molar-refractivity contribution in [3.8, 4) is 0 Å². The number of hydrogen-bond donors (Lipinski definition) is 0. The Hall–Kier alpha value is -0.350. The van der Waals surface area contributed by atoms with Crippen LogP contribution in [0.4, 0.5) is 79.0 Å². The van der Waals surface area contributed by atoms with Gasteiger partial charge in [-0.05, 0) is 0 Å². The minimum absolute atomic E-state index is 0. The van der Waals surface area contributed by atoms with E-state index in [9.17, 15) is 92.0 Å². The van der Waals surface area contributed by atoms with Crippen LogP contribution in [0.25, 0.3) is 0 Å². The molecule has 0 aliphatic carbocycles. The molecule has 1 atom stereocenters. The van der Waals surface area contributed by atoms with Crippen molar-refractivity contribution in [2.45, 2.75) is 53.1 Å². The minimum atomic E-state index is -8.96. The van der Waals surface area contributed by atoms with E-state index in [4.69, 9.17) is 0 Å². The largest absolute Gasteiger partial charge is 1.00 e. The van der Waals surface area contributed by atoms with Crippen LogP contribution in [0.1, 0.15) is 0 Å². The van der Waals surface area contributed by atoms with Crippen LogP contribution in [0.15, 0.2) is 0 Å². The molecule has 0 saturated carbocycles. The normalized spacial score (nSPS) is 17.1. The van der Waals surface area contributed by atoms with Crippen LogP contribution in [-0.4, -0.2) is 66.1 Å². The van der Waals surface area contributed by atoms with Crippen molar-refractivity contribution in [3.63, 3.8) is 0 Å². The SMILES string of the molecule is O=S(=O)([O-])C(F)(F)C(F)(F)C(F)(F)C(F)(F)C(F)(F)C(F)(F)C(F)(F)C(F)C(F)(F)F.[Na+]. The number of halogens is 18. The zero-order chi connectivity index (χ0) is 26.1. The van der Waals surface area contributed by atoms with E-state index in [0.29, 0.717) is 0 Å². The molecule has 0 fully saturated rings. The van der Waals surface area contributed by atoms with E-state index in [0.717, 1.165) is 0 Å². The Morgan fingerprint density at radius 3 is 1.03 bits per heavy atom. The van der Waals surface area contributed by atoms with Crippen LogP contribution in [0, 0.1) is 0 Å². The molecule has 32 heavy (non-hydrogen) atoms. The van der Waals surface area contributed by atoms with Gasteiger partial charge < -0.3 is 4.55 Å². The Labute approximate surface area is 185 Å². The van der Waals surface area contributed by atoms with Crippen molar-refractivity contribution >= 4 is 10.1 Å². The number of hydrogen-bond acceptors (Lipinski definition) is 3. The van der Waals surface area contributed by atoms with Crippen LogP contribution in [0.2, 0.25) is 0 Å². The third-order valence-electron chi connectivity index (χ3n) is 3.28. The maximum Gasteiger partial charge on any atom is 1.00 e. The predicted molar refractivity (Wildman–Crippen MR) is 55.3 cm³/mol. The Kier molecular flexibility index (Phi) is 8.87. The third-order valence-corrected chi connectivity index (χ3v) is 4.17. The second-order valence-corrected chi connectivity index (χ2v) is 6.79. The van der Waals surface area contributed by atoms with Crippen molar-refractivity contribution in [1.29, 1.82) is 0 Å². The monoisotopic (exact) mass is 554 g/mol. The van der Waals surface area contributed by atoms with E-state index in [1.54, 1.807) is 0 Å². The Balaban J connectivity index is 0. The van der Waals surface area contributed by atoms with Gasteiger partial charge in [-0.25, -0.2) is 12.8 Å². The maximum absolute atomic E-state index is 13.2. The molecule has 0 aromatic carbocycles. The zero-order valence-corrected chi connectivity index (χ0v) is 16.8. The number of alkyl halides is 18. The second kappa shape index (κ2) is 8.40. The van der Waals surface area contributed by atoms with E-state index in [1.807, 2.05) is 0 Å². The summed E-state index contributed by atoms with van der Waals surface area (Å²) in [5.41, 5.74) is 0. The van der Waals surface area contributed by atoms with Gasteiger partial charge in [0.25, 0.3) is 6.17 Å². The van der Waals surface area contributed by atoms with Gasteiger partial charge in [-0.3, -0.25) is 0 Å². The molecule has 0 aliphatic heterocycles. The van der Waals surface area contributed by atoms with Gasteiger partial charge in [0, 0.05) is 0 Å². The second-order valence-electron chi connectivity index (χ2n) is 5.37. The molecule has 3 nitrogen and oxygen atoms in total. The van der Waals surface area contributed by atoms with E-state index in [-0.39, 0.29) is 29.6 Å². The fourth-order valence-electron chi connectivity index (χ4n) is 1.51. The van der Waals surface area contributed by atoms with Crippen LogP contribution in [0.3, 0.4) is 0 Å². The molecule has 0 saturated heterocycles. The van der Waals surface area contributed by atoms with Crippen molar-refractivity contribution in [2.75, 3.05) is 0 Å². The first-order valence-electron chi connectivity index (χ1n) is 6.21. The molecular formula is C9HF18NaO3S. The van der Waals surface area contributed by atoms with Crippen molar-refractivity contribution in [2.24, 2.45) is 0 Å². The molecule has 0 aliphatic rings. The fourth-order valence-corrected chi connectivity index (χ4v) is 1.95. The zero-order valence-electron chi connectivity index (χ0n) is 14.0. The van der Waals surface area contributed by atoms with Crippen LogP contribution < -0.4 is 29.6 Å². The summed E-state index contributed by atoms with van der Waals surface area (Å²) >= 11 is 0. The minimum Gasteiger partial charge on any atom is -0.743 e. The van der Waals surface area contributed by atoms with Gasteiger partial charge in [0.1, 0.15) is 0 Å². The van der Waals surface area contributed by atoms with Gasteiger partial charge in [0.05, 0.1) is 0 Å². The van der Waals surface area contributed by atoms with Crippen LogP contribution in [0.5, 0.6) is 0 Å². The Morgan fingerprint density at radius 1 is 0.531 bits per heavy atom. The Bertz CT molecular complexity index is 786. The quantitative estimate of drug-likeness (QED) is 0.262. The average molecular weight is 554 g/mol. The average Bonchev–Trinajstić information content (AvgIpc) is 2.50. The maximum atomic E-state index is 13.2. The molecule has 0 aromatic heterocycles. The fraction of sp³-hybridized carbons (Fsp3) is 1.00. The molecule has 188 valence electrons. The van der Waals surface area contributed by atoms with Gasteiger partial charge in [0.2, 0.25) is 0 Å². The van der Waals surface area contributed by atoms with Crippen molar-refractivity contribution in [1.82, 2.24) is 0 Å². The molecule has 0 rings (SSSR count). The summed E-state index contributed by atoms with van der Waals surface area (Å²) in [6, 6.07) is 0. The molecule has 1 unspecified atom stereocenters. The standard InChI is InChI=1S/C9H2F18O3S.Na/c10-1(3(13,14)15)2(11,12)4(16,17)5(18,19)6(20,21)7(22,23)8(24,25)9(26,27)31(28,29)30;/h1H,(H,28,29,30);/q;+1/p-1. The summed E-state index contributed by atoms with van der Waals surface area (Å²) in [5.74, 6) is -52.1. The summed E-state index contributed by atoms with van der Waals surface area (Å²) in [5, 5.41) is -7.99. The summed E-state index contributed by atoms with van der Waals surface area (Å²) in [4.78, 5) is 0. The van der Waals surface area contributed by atoms with E-state index in [2.05, 4.69) is 0 Å². The van der Waals surface area contributed by atoms with Gasteiger partial charge in [-0.15, -0.1) is 0 Å². The molecule has 0 aromatic rings. The van der Waals surface area contributed by atoms with Crippen LogP contribution in [-0.2, 0) is 10.1 Å². The first kappa shape index (κ1) is 33.8. The van der Waals surface area contributed by atoms with E-state index in [1.165, 1.54) is 0 Å². The molecule has 0 amide bonds. The molecule has 0 heterocycles. The summed E-state index contributed by atoms with van der Waals surface area (Å²) in [6.45, 7) is 0. The van der Waals surface area contributed by atoms with Crippen molar-refractivity contribution < 1.29 is 122 Å². The molecule has 0 bridgehead atoms. The summed E-state index contributed by atoms with van der Waals surface area (Å²) in [6.07, 6.45) is -13.8. The van der Waals surface area contributed by atoms with Gasteiger partial charge in [-0.2, -0.15) is 74.6 Å². The van der Waals surface area contributed by atoms with E-state index >= 15 is 0 Å². The molecule has 0 radical (unpaired) electrons. The first-order chi connectivity index (χ1) is 12.9. The van der Waals surface area contributed by atoms with E-state index < -0.39 is 63.3 Å². The van der Waals surface area contributed by atoms with Gasteiger partial charge >= 0.3 is 76.5 Å². The number of rotatable bonds is 8. The molecular weight excluding hydrogens is 553 g/mol. The smallest absolute Gasteiger partial charge is 0.743 e. The topological polar surface area (TPSA) is 57.2 Å². The van der Waals surface area contributed by atoms with Gasteiger partial charge in [-0.1, -0.05) is 0 Å². The third kappa shape index (κ3) is 4.37. The summed E-state index contributed by atoms with van der Waals surface area (Å²) in [7, 11) is -8.18.